The molecule has 0 heterocycles. The highest BCUT2D eigenvalue weighted by molar-refractivity contribution is 5.71. The van der Waals surface area contributed by atoms with Gasteiger partial charge in [0, 0.05) is 18.2 Å². The number of carbonyl (C=O) groups is 1. The molecule has 0 amide bonds. The van der Waals surface area contributed by atoms with Crippen LogP contribution in [0.4, 0.5) is 0 Å². The van der Waals surface area contributed by atoms with Gasteiger partial charge in [-0.3, -0.25) is 4.79 Å². The summed E-state index contributed by atoms with van der Waals surface area (Å²) in [5, 5.41) is 2.99. The van der Waals surface area contributed by atoms with Gasteiger partial charge in [-0.25, -0.2) is 0 Å². The molecule has 0 fully saturated rings. The number of benzene rings is 1. The molecule has 0 atom stereocenters. The van der Waals surface area contributed by atoms with Crippen LogP contribution in [-0.4, -0.2) is 33.3 Å². The highest BCUT2D eigenvalue weighted by Gasteiger charge is 2.06. The van der Waals surface area contributed by atoms with Gasteiger partial charge in [-0.05, 0) is 13.0 Å². The van der Waals surface area contributed by atoms with E-state index < -0.39 is 0 Å². The van der Waals surface area contributed by atoms with Crippen molar-refractivity contribution < 1.29 is 19.0 Å². The summed E-state index contributed by atoms with van der Waals surface area (Å²) in [6.45, 7) is 3.21. The molecule has 0 bridgehead atoms. The number of methoxy groups -OCH3 is 2. The number of esters is 1. The second-order valence-corrected chi connectivity index (χ2v) is 3.59. The number of carbonyl (C=O) groups excluding carboxylic acids is 1. The summed E-state index contributed by atoms with van der Waals surface area (Å²) in [4.78, 5) is 11.0. The number of hydrogen-bond acceptors (Lipinski definition) is 5. The first-order valence-electron chi connectivity index (χ1n) is 5.78. The van der Waals surface area contributed by atoms with E-state index in [2.05, 4.69) is 10.1 Å². The second kappa shape index (κ2) is 7.55. The minimum Gasteiger partial charge on any atom is -0.497 e. The van der Waals surface area contributed by atoms with Crippen LogP contribution in [0.2, 0.25) is 0 Å². The van der Waals surface area contributed by atoms with Crippen molar-refractivity contribution in [3.05, 3.63) is 23.8 Å². The molecule has 1 rings (SSSR count). The van der Waals surface area contributed by atoms with Gasteiger partial charge in [-0.15, -0.1) is 0 Å². The van der Waals surface area contributed by atoms with E-state index in [1.165, 1.54) is 7.11 Å². The molecule has 0 aliphatic rings. The molecule has 0 saturated heterocycles. The first kappa shape index (κ1) is 14.3. The maximum absolute atomic E-state index is 11.0. The normalized spacial score (nSPS) is 9.94. The highest BCUT2D eigenvalue weighted by atomic mass is 16.5. The Bertz CT molecular complexity index is 393. The third-order valence-electron chi connectivity index (χ3n) is 2.39. The van der Waals surface area contributed by atoms with Gasteiger partial charge in [0.15, 0.2) is 0 Å². The standard InChI is InChI=1S/C13H19NO4/c1-4-18-12-7-11(16-2)6-5-10(12)8-14-9-13(15)17-3/h5-7,14H,4,8-9H2,1-3H3. The molecule has 0 aliphatic carbocycles. The maximum Gasteiger partial charge on any atom is 0.319 e. The quantitative estimate of drug-likeness (QED) is 0.743. The van der Waals surface area contributed by atoms with E-state index in [1.54, 1.807) is 7.11 Å². The fraction of sp³-hybridized carbons (Fsp3) is 0.462. The van der Waals surface area contributed by atoms with Crippen molar-refractivity contribution in [2.45, 2.75) is 13.5 Å². The summed E-state index contributed by atoms with van der Waals surface area (Å²) < 4.78 is 15.2. The summed E-state index contributed by atoms with van der Waals surface area (Å²) in [5.41, 5.74) is 0.974. The SMILES string of the molecule is CCOc1cc(OC)ccc1CNCC(=O)OC. The van der Waals surface area contributed by atoms with E-state index in [-0.39, 0.29) is 12.5 Å². The Hall–Kier alpha value is -1.75. The van der Waals surface area contributed by atoms with Crippen LogP contribution in [0.3, 0.4) is 0 Å². The molecule has 0 spiro atoms. The smallest absolute Gasteiger partial charge is 0.319 e. The molecule has 0 unspecified atom stereocenters. The molecule has 1 aromatic rings. The number of rotatable bonds is 7. The lowest BCUT2D eigenvalue weighted by atomic mass is 10.2. The number of hydrogen-bond donors (Lipinski definition) is 1. The average molecular weight is 253 g/mol. The summed E-state index contributed by atoms with van der Waals surface area (Å²) in [6.07, 6.45) is 0. The molecule has 0 aromatic heterocycles. The van der Waals surface area contributed by atoms with Gasteiger partial charge in [0.1, 0.15) is 11.5 Å². The average Bonchev–Trinajstić information content (AvgIpc) is 2.40. The Morgan fingerprint density at radius 2 is 2.11 bits per heavy atom. The first-order chi connectivity index (χ1) is 8.71. The lowest BCUT2D eigenvalue weighted by Crippen LogP contribution is -2.23. The molecule has 5 nitrogen and oxygen atoms in total. The van der Waals surface area contributed by atoms with Crippen LogP contribution >= 0.6 is 0 Å². The Morgan fingerprint density at radius 1 is 1.33 bits per heavy atom. The van der Waals surface area contributed by atoms with Gasteiger partial charge in [0.05, 0.1) is 27.4 Å². The molecule has 1 aromatic carbocycles. The van der Waals surface area contributed by atoms with E-state index in [0.29, 0.717) is 13.2 Å². The number of ether oxygens (including phenoxy) is 3. The second-order valence-electron chi connectivity index (χ2n) is 3.59. The van der Waals surface area contributed by atoms with Gasteiger partial charge in [0.2, 0.25) is 0 Å². The molecule has 5 heteroatoms. The fourth-order valence-electron chi connectivity index (χ4n) is 1.47. The molecule has 100 valence electrons. The minimum atomic E-state index is -0.290. The van der Waals surface area contributed by atoms with Crippen LogP contribution < -0.4 is 14.8 Å². The van der Waals surface area contributed by atoms with Crippen LogP contribution in [0.25, 0.3) is 0 Å². The van der Waals surface area contributed by atoms with E-state index in [4.69, 9.17) is 9.47 Å². The topological polar surface area (TPSA) is 56.8 Å². The van der Waals surface area contributed by atoms with Gasteiger partial charge >= 0.3 is 5.97 Å². The molecule has 18 heavy (non-hydrogen) atoms. The molecular formula is C13H19NO4. The lowest BCUT2D eigenvalue weighted by Gasteiger charge is -2.12. The zero-order chi connectivity index (χ0) is 13.4. The third kappa shape index (κ3) is 4.25. The van der Waals surface area contributed by atoms with E-state index in [0.717, 1.165) is 17.1 Å². The van der Waals surface area contributed by atoms with Gasteiger partial charge in [0.25, 0.3) is 0 Å². The van der Waals surface area contributed by atoms with Crippen molar-refractivity contribution in [2.24, 2.45) is 0 Å². The summed E-state index contributed by atoms with van der Waals surface area (Å²) >= 11 is 0. The Balaban J connectivity index is 2.65. The zero-order valence-electron chi connectivity index (χ0n) is 11.0. The first-order valence-corrected chi connectivity index (χ1v) is 5.78. The number of nitrogens with one attached hydrogen (secondary N) is 1. The predicted octanol–water partition coefficient (Wildman–Crippen LogP) is 1.36. The molecule has 0 aliphatic heterocycles. The van der Waals surface area contributed by atoms with Gasteiger partial charge in [-0.2, -0.15) is 0 Å². The fourth-order valence-corrected chi connectivity index (χ4v) is 1.47. The summed E-state index contributed by atoms with van der Waals surface area (Å²) in [6, 6.07) is 5.60. The highest BCUT2D eigenvalue weighted by Crippen LogP contribution is 2.24. The van der Waals surface area contributed by atoms with Crippen molar-refractivity contribution >= 4 is 5.97 Å². The summed E-state index contributed by atoms with van der Waals surface area (Å²) in [5.74, 6) is 1.21. The predicted molar refractivity (Wildman–Crippen MR) is 67.9 cm³/mol. The monoisotopic (exact) mass is 253 g/mol. The molecule has 0 radical (unpaired) electrons. The van der Waals surface area contributed by atoms with Crippen LogP contribution in [0.5, 0.6) is 11.5 Å². The van der Waals surface area contributed by atoms with Gasteiger partial charge < -0.3 is 19.5 Å². The van der Waals surface area contributed by atoms with Crippen molar-refractivity contribution in [3.8, 4) is 11.5 Å². The minimum absolute atomic E-state index is 0.175. The van der Waals surface area contributed by atoms with Crippen LogP contribution in [-0.2, 0) is 16.1 Å². The van der Waals surface area contributed by atoms with Crippen LogP contribution in [0.1, 0.15) is 12.5 Å². The Morgan fingerprint density at radius 3 is 2.72 bits per heavy atom. The van der Waals surface area contributed by atoms with Gasteiger partial charge in [-0.1, -0.05) is 6.07 Å². The summed E-state index contributed by atoms with van der Waals surface area (Å²) in [7, 11) is 2.98. The largest absolute Gasteiger partial charge is 0.497 e. The van der Waals surface area contributed by atoms with Crippen molar-refractivity contribution in [1.82, 2.24) is 5.32 Å². The Kier molecular flexibility index (Phi) is 6.00. The zero-order valence-corrected chi connectivity index (χ0v) is 11.0. The van der Waals surface area contributed by atoms with E-state index >= 15 is 0 Å². The van der Waals surface area contributed by atoms with Crippen molar-refractivity contribution in [3.63, 3.8) is 0 Å². The Labute approximate surface area is 107 Å². The van der Waals surface area contributed by atoms with E-state index in [9.17, 15) is 4.79 Å². The molecular weight excluding hydrogens is 234 g/mol. The molecule has 1 N–H and O–H groups in total. The maximum atomic E-state index is 11.0. The van der Waals surface area contributed by atoms with E-state index in [1.807, 2.05) is 25.1 Å². The lowest BCUT2D eigenvalue weighted by molar-refractivity contribution is -0.139. The molecule has 0 saturated carbocycles. The third-order valence-corrected chi connectivity index (χ3v) is 2.39. The van der Waals surface area contributed by atoms with Crippen LogP contribution in [0, 0.1) is 0 Å². The van der Waals surface area contributed by atoms with Crippen molar-refractivity contribution in [2.75, 3.05) is 27.4 Å². The van der Waals surface area contributed by atoms with Crippen molar-refractivity contribution in [1.29, 1.82) is 0 Å². The van der Waals surface area contributed by atoms with Crippen LogP contribution in [0.15, 0.2) is 18.2 Å².